The van der Waals surface area contributed by atoms with E-state index < -0.39 is 5.97 Å². The highest BCUT2D eigenvalue weighted by Crippen LogP contribution is 2.01. The maximum absolute atomic E-state index is 10.4. The summed E-state index contributed by atoms with van der Waals surface area (Å²) in [6.07, 6.45) is 0. The van der Waals surface area contributed by atoms with Gasteiger partial charge in [0.05, 0.1) is 0 Å². The molecule has 2 heterocycles. The fourth-order valence-corrected chi connectivity index (χ4v) is 0.723. The minimum Gasteiger partial charge on any atom is -0.475 e. The molecule has 0 saturated heterocycles. The van der Waals surface area contributed by atoms with Crippen LogP contribution in [0.25, 0.3) is 11.3 Å². The fraction of sp³-hybridized carbons (Fsp3) is 0. The third-order valence-electron chi connectivity index (χ3n) is 1.19. The van der Waals surface area contributed by atoms with Gasteiger partial charge in [0.25, 0.3) is 0 Å². The highest BCUT2D eigenvalue weighted by molar-refractivity contribution is 5.86. The Labute approximate surface area is 64.6 Å². The molecule has 8 nitrogen and oxygen atoms in total. The molecule has 2 rings (SSSR count). The van der Waals surface area contributed by atoms with Crippen LogP contribution in [0.2, 0.25) is 0 Å². The number of fused-ring (bicyclic) bond motifs is 1. The molecule has 2 N–H and O–H groups in total. The van der Waals surface area contributed by atoms with Gasteiger partial charge in [-0.25, -0.2) is 4.79 Å². The standard InChI is InChI=1S/C4H2N6O2/c11-4(12)3-5-1-2(6-3)8-10-9-7-1/h(H,11,12)(H,5,6,7,8,9,10). The predicted molar refractivity (Wildman–Crippen MR) is 34.2 cm³/mol. The molecule has 0 aliphatic heterocycles. The van der Waals surface area contributed by atoms with E-state index in [0.717, 1.165) is 0 Å². The van der Waals surface area contributed by atoms with Gasteiger partial charge >= 0.3 is 5.97 Å². The Hall–Kier alpha value is -2.12. The van der Waals surface area contributed by atoms with Crippen LogP contribution >= 0.6 is 0 Å². The lowest BCUT2D eigenvalue weighted by atomic mass is 10.6. The smallest absolute Gasteiger partial charge is 0.372 e. The number of imidazole rings is 1. The summed E-state index contributed by atoms with van der Waals surface area (Å²) in [5, 5.41) is 21.8. The SMILES string of the molecule is O=C(O)c1nc2nnnnc2[nH]1. The number of aromatic carboxylic acids is 1. The van der Waals surface area contributed by atoms with Gasteiger partial charge < -0.3 is 10.1 Å². The molecule has 60 valence electrons. The molecular weight excluding hydrogens is 164 g/mol. The van der Waals surface area contributed by atoms with Gasteiger partial charge in [-0.3, -0.25) is 0 Å². The van der Waals surface area contributed by atoms with Gasteiger partial charge in [0.2, 0.25) is 17.1 Å². The molecule has 0 amide bonds. The number of hydrogen-bond acceptors (Lipinski definition) is 6. The minimum absolute atomic E-state index is 0.141. The lowest BCUT2D eigenvalue weighted by Crippen LogP contribution is -1.97. The summed E-state index contributed by atoms with van der Waals surface area (Å²) in [6.45, 7) is 0. The van der Waals surface area contributed by atoms with E-state index >= 15 is 0 Å². The van der Waals surface area contributed by atoms with Crippen LogP contribution in [0, 0.1) is 0 Å². The molecule has 0 spiro atoms. The van der Waals surface area contributed by atoms with Crippen LogP contribution in [0.4, 0.5) is 0 Å². The van der Waals surface area contributed by atoms with Gasteiger partial charge in [-0.05, 0) is 10.4 Å². The Morgan fingerprint density at radius 2 is 2.08 bits per heavy atom. The molecule has 0 radical (unpaired) electrons. The molecule has 0 unspecified atom stereocenters. The summed E-state index contributed by atoms with van der Waals surface area (Å²) in [4.78, 5) is 16.4. The zero-order chi connectivity index (χ0) is 8.55. The molecule has 2 aromatic heterocycles. The van der Waals surface area contributed by atoms with Crippen molar-refractivity contribution < 1.29 is 9.90 Å². The fourth-order valence-electron chi connectivity index (χ4n) is 0.723. The van der Waals surface area contributed by atoms with E-state index in [4.69, 9.17) is 5.11 Å². The summed E-state index contributed by atoms with van der Waals surface area (Å²) < 4.78 is 0. The number of rotatable bonds is 1. The van der Waals surface area contributed by atoms with Crippen molar-refractivity contribution in [1.29, 1.82) is 0 Å². The van der Waals surface area contributed by atoms with Gasteiger partial charge in [0.1, 0.15) is 0 Å². The molecular formula is C4H2N6O2. The van der Waals surface area contributed by atoms with Gasteiger partial charge in [-0.2, -0.15) is 4.98 Å². The van der Waals surface area contributed by atoms with E-state index in [1.807, 2.05) is 0 Å². The van der Waals surface area contributed by atoms with Crippen molar-refractivity contribution in [3.8, 4) is 0 Å². The van der Waals surface area contributed by atoms with Crippen LogP contribution in [-0.2, 0) is 0 Å². The Bertz CT molecular complexity index is 403. The van der Waals surface area contributed by atoms with Crippen molar-refractivity contribution in [2.24, 2.45) is 0 Å². The first kappa shape index (κ1) is 6.58. The van der Waals surface area contributed by atoms with E-state index in [1.165, 1.54) is 0 Å². The third-order valence-corrected chi connectivity index (χ3v) is 1.19. The van der Waals surface area contributed by atoms with E-state index in [2.05, 4.69) is 30.6 Å². The van der Waals surface area contributed by atoms with Gasteiger partial charge in [-0.15, -0.1) is 10.2 Å². The summed E-state index contributed by atoms with van der Waals surface area (Å²) in [7, 11) is 0. The van der Waals surface area contributed by atoms with Gasteiger partial charge in [0.15, 0.2) is 0 Å². The molecule has 0 bridgehead atoms. The number of hydrogen-bond donors (Lipinski definition) is 2. The number of carboxylic acids is 1. The van der Waals surface area contributed by atoms with Crippen molar-refractivity contribution in [2.45, 2.75) is 0 Å². The average molecular weight is 166 g/mol. The topological polar surface area (TPSA) is 118 Å². The van der Waals surface area contributed by atoms with E-state index in [1.54, 1.807) is 0 Å². The van der Waals surface area contributed by atoms with Crippen molar-refractivity contribution in [1.82, 2.24) is 30.6 Å². The summed E-state index contributed by atoms with van der Waals surface area (Å²) in [5.41, 5.74) is 0.352. The molecule has 0 fully saturated rings. The number of carboxylic acid groups (broad SMARTS) is 1. The average Bonchev–Trinajstić information content (AvgIpc) is 2.46. The van der Waals surface area contributed by atoms with E-state index in [-0.39, 0.29) is 17.1 Å². The first-order valence-corrected chi connectivity index (χ1v) is 2.92. The van der Waals surface area contributed by atoms with Crippen LogP contribution in [0.3, 0.4) is 0 Å². The van der Waals surface area contributed by atoms with Crippen LogP contribution < -0.4 is 0 Å². The first-order chi connectivity index (χ1) is 5.77. The zero-order valence-corrected chi connectivity index (χ0v) is 5.59. The highest BCUT2D eigenvalue weighted by Gasteiger charge is 2.10. The van der Waals surface area contributed by atoms with Crippen molar-refractivity contribution in [3.05, 3.63) is 5.82 Å². The monoisotopic (exact) mass is 166 g/mol. The third kappa shape index (κ3) is 0.856. The Balaban J connectivity index is 2.70. The molecule has 2 aromatic rings. The lowest BCUT2D eigenvalue weighted by Gasteiger charge is -1.79. The van der Waals surface area contributed by atoms with Gasteiger partial charge in [-0.1, -0.05) is 0 Å². The number of aromatic amines is 1. The van der Waals surface area contributed by atoms with Gasteiger partial charge in [0, 0.05) is 0 Å². The maximum Gasteiger partial charge on any atom is 0.372 e. The summed E-state index contributed by atoms with van der Waals surface area (Å²) >= 11 is 0. The van der Waals surface area contributed by atoms with Crippen molar-refractivity contribution >= 4 is 17.3 Å². The molecule has 0 aromatic carbocycles. The van der Waals surface area contributed by atoms with E-state index in [0.29, 0.717) is 0 Å². The van der Waals surface area contributed by atoms with Crippen LogP contribution in [0.1, 0.15) is 10.6 Å². The Morgan fingerprint density at radius 1 is 1.33 bits per heavy atom. The Morgan fingerprint density at radius 3 is 2.75 bits per heavy atom. The summed E-state index contributed by atoms with van der Waals surface area (Å²) in [5.74, 6) is -1.39. The molecule has 0 aliphatic rings. The second-order valence-corrected chi connectivity index (χ2v) is 1.94. The van der Waals surface area contributed by atoms with Crippen molar-refractivity contribution in [2.75, 3.05) is 0 Å². The van der Waals surface area contributed by atoms with E-state index in [9.17, 15) is 4.79 Å². The lowest BCUT2D eigenvalue weighted by molar-refractivity contribution is 0.0685. The second kappa shape index (κ2) is 2.19. The van der Waals surface area contributed by atoms with Crippen LogP contribution in [0.15, 0.2) is 0 Å². The van der Waals surface area contributed by atoms with Crippen LogP contribution in [0.5, 0.6) is 0 Å². The number of nitrogens with zero attached hydrogens (tertiary/aromatic N) is 5. The molecule has 0 saturated carbocycles. The normalized spacial score (nSPS) is 10.3. The molecule has 12 heavy (non-hydrogen) atoms. The first-order valence-electron chi connectivity index (χ1n) is 2.92. The van der Waals surface area contributed by atoms with Crippen LogP contribution in [-0.4, -0.2) is 41.7 Å². The number of H-pyrrole nitrogens is 1. The molecule has 0 aliphatic carbocycles. The Kier molecular flexibility index (Phi) is 1.20. The highest BCUT2D eigenvalue weighted by atomic mass is 16.4. The number of nitrogens with one attached hydrogen (secondary N) is 1. The maximum atomic E-state index is 10.4. The molecule has 0 atom stereocenters. The summed E-state index contributed by atoms with van der Waals surface area (Å²) in [6, 6.07) is 0. The predicted octanol–water partition coefficient (Wildman–Crippen LogP) is -1.16. The second-order valence-electron chi connectivity index (χ2n) is 1.94. The largest absolute Gasteiger partial charge is 0.475 e. The number of aromatic nitrogens is 6. The number of carbonyl (C=O) groups is 1. The quantitative estimate of drug-likeness (QED) is 0.548. The molecule has 8 heteroatoms. The van der Waals surface area contributed by atoms with Crippen molar-refractivity contribution in [3.63, 3.8) is 0 Å². The zero-order valence-electron chi connectivity index (χ0n) is 5.59. The minimum atomic E-state index is -1.17.